The van der Waals surface area contributed by atoms with Crippen LogP contribution in [0, 0.1) is 0 Å². The van der Waals surface area contributed by atoms with Crippen LogP contribution in [0.1, 0.15) is 19.3 Å². The first-order chi connectivity index (χ1) is 12.0. The molecule has 0 unspecified atom stereocenters. The van der Waals surface area contributed by atoms with Crippen molar-refractivity contribution in [3.63, 3.8) is 0 Å². The topological polar surface area (TPSA) is 60.3 Å². The lowest BCUT2D eigenvalue weighted by Crippen LogP contribution is -2.02. The molecule has 0 saturated heterocycles. The average Bonchev–Trinajstić information content (AvgIpc) is 2.55. The molecule has 1 aromatic rings. The number of benzene rings is 1. The molecule has 0 spiro atoms. The van der Waals surface area contributed by atoms with Gasteiger partial charge < -0.3 is 19.4 Å². The second-order valence-electron chi connectivity index (χ2n) is 4.80. The SMILES string of the molecule is O/N=C/COCCCCCOc1c(Cl)cc(OCC=C(Cl)Cl)cc1Cl. The molecule has 0 radical (unpaired) electrons. The average molecular weight is 431 g/mol. The molecule has 0 atom stereocenters. The minimum Gasteiger partial charge on any atom is -0.490 e. The second-order valence-corrected chi connectivity index (χ2v) is 6.63. The van der Waals surface area contributed by atoms with Gasteiger partial charge in [0.25, 0.3) is 0 Å². The van der Waals surface area contributed by atoms with Crippen LogP contribution in [-0.2, 0) is 4.74 Å². The fourth-order valence-corrected chi connectivity index (χ4v) is 2.49. The molecule has 1 N–H and O–H groups in total. The Labute approximate surface area is 167 Å². The minimum absolute atomic E-state index is 0.129. The van der Waals surface area contributed by atoms with E-state index in [9.17, 15) is 0 Å². The summed E-state index contributed by atoms with van der Waals surface area (Å²) >= 11 is 23.4. The van der Waals surface area contributed by atoms with Crippen molar-refractivity contribution >= 4 is 52.6 Å². The molecule has 140 valence electrons. The molecule has 1 rings (SSSR count). The lowest BCUT2D eigenvalue weighted by Gasteiger charge is -2.12. The summed E-state index contributed by atoms with van der Waals surface area (Å²) in [5.74, 6) is 0.925. The second kappa shape index (κ2) is 13.4. The molecule has 0 aromatic heterocycles. The number of hydrogen-bond donors (Lipinski definition) is 1. The smallest absolute Gasteiger partial charge is 0.156 e. The summed E-state index contributed by atoms with van der Waals surface area (Å²) < 4.78 is 16.4. The Bertz CT molecular complexity index is 554. The third-order valence-electron chi connectivity index (χ3n) is 2.91. The van der Waals surface area contributed by atoms with Crippen LogP contribution in [0.3, 0.4) is 0 Å². The first kappa shape index (κ1) is 22.2. The summed E-state index contributed by atoms with van der Waals surface area (Å²) in [7, 11) is 0. The summed E-state index contributed by atoms with van der Waals surface area (Å²) in [6.45, 7) is 1.60. The normalized spacial score (nSPS) is 10.9. The van der Waals surface area contributed by atoms with Crippen molar-refractivity contribution in [1.29, 1.82) is 0 Å². The minimum atomic E-state index is 0.129. The van der Waals surface area contributed by atoms with Crippen molar-refractivity contribution < 1.29 is 19.4 Å². The lowest BCUT2D eigenvalue weighted by atomic mass is 10.2. The van der Waals surface area contributed by atoms with Crippen LogP contribution in [-0.4, -0.2) is 37.8 Å². The Kier molecular flexibility index (Phi) is 11.9. The van der Waals surface area contributed by atoms with Gasteiger partial charge in [0, 0.05) is 18.7 Å². The van der Waals surface area contributed by atoms with Gasteiger partial charge in [0.15, 0.2) is 5.75 Å². The van der Waals surface area contributed by atoms with E-state index in [1.54, 1.807) is 12.1 Å². The number of ether oxygens (including phenoxy) is 3. The van der Waals surface area contributed by atoms with Crippen LogP contribution >= 0.6 is 46.4 Å². The number of unbranched alkanes of at least 4 members (excludes halogenated alkanes) is 2. The van der Waals surface area contributed by atoms with E-state index in [1.165, 1.54) is 12.3 Å². The Morgan fingerprint density at radius 2 is 1.68 bits per heavy atom. The summed E-state index contributed by atoms with van der Waals surface area (Å²) in [5.41, 5.74) is 0. The van der Waals surface area contributed by atoms with E-state index in [4.69, 9.17) is 65.8 Å². The number of rotatable bonds is 12. The molecule has 0 aliphatic heterocycles. The summed E-state index contributed by atoms with van der Waals surface area (Å²) in [6.07, 6.45) is 5.45. The zero-order valence-corrected chi connectivity index (χ0v) is 16.4. The number of oxime groups is 1. The van der Waals surface area contributed by atoms with E-state index in [2.05, 4.69) is 5.16 Å². The molecule has 1 aromatic carbocycles. The van der Waals surface area contributed by atoms with Crippen molar-refractivity contribution in [2.45, 2.75) is 19.3 Å². The van der Waals surface area contributed by atoms with Crippen molar-refractivity contribution in [2.75, 3.05) is 26.4 Å². The molecular formula is C16H19Cl4NO4. The van der Waals surface area contributed by atoms with Crippen molar-refractivity contribution in [3.8, 4) is 11.5 Å². The third kappa shape index (κ3) is 10.0. The van der Waals surface area contributed by atoms with Gasteiger partial charge in [-0.3, -0.25) is 0 Å². The molecule has 0 aliphatic carbocycles. The van der Waals surface area contributed by atoms with Gasteiger partial charge in [-0.05, 0) is 25.3 Å². The number of nitrogens with zero attached hydrogens (tertiary/aromatic N) is 1. The molecule has 5 nitrogen and oxygen atoms in total. The van der Waals surface area contributed by atoms with E-state index >= 15 is 0 Å². The maximum atomic E-state index is 8.20. The first-order valence-electron chi connectivity index (χ1n) is 7.54. The highest BCUT2D eigenvalue weighted by Crippen LogP contribution is 2.37. The molecule has 0 fully saturated rings. The Morgan fingerprint density at radius 1 is 1.00 bits per heavy atom. The molecular weight excluding hydrogens is 412 g/mol. The van der Waals surface area contributed by atoms with Crippen LogP contribution in [0.25, 0.3) is 0 Å². The standard InChI is InChI=1S/C16H19Cl4NO4/c17-13-10-12(24-8-4-15(19)20)11-14(18)16(13)25-7-3-1-2-6-23-9-5-21-22/h4-5,10-11,22H,1-3,6-9H2/b21-5+. The maximum absolute atomic E-state index is 8.20. The molecule has 9 heteroatoms. The highest BCUT2D eigenvalue weighted by Gasteiger charge is 2.10. The van der Waals surface area contributed by atoms with Gasteiger partial charge in [-0.2, -0.15) is 0 Å². The van der Waals surface area contributed by atoms with E-state index in [0.717, 1.165) is 19.3 Å². The van der Waals surface area contributed by atoms with Crippen molar-refractivity contribution in [2.24, 2.45) is 5.16 Å². The van der Waals surface area contributed by atoms with Gasteiger partial charge in [-0.15, -0.1) is 0 Å². The highest BCUT2D eigenvalue weighted by molar-refractivity contribution is 6.55. The summed E-state index contributed by atoms with van der Waals surface area (Å²) in [5, 5.41) is 11.8. The van der Waals surface area contributed by atoms with E-state index in [0.29, 0.717) is 41.4 Å². The van der Waals surface area contributed by atoms with Gasteiger partial charge >= 0.3 is 0 Å². The third-order valence-corrected chi connectivity index (χ3v) is 3.78. The fraction of sp³-hybridized carbons (Fsp3) is 0.438. The molecule has 0 heterocycles. The Balaban J connectivity index is 2.32. The van der Waals surface area contributed by atoms with E-state index < -0.39 is 0 Å². The molecule has 0 saturated carbocycles. The van der Waals surface area contributed by atoms with Crippen molar-refractivity contribution in [1.82, 2.24) is 0 Å². The molecule has 0 aliphatic rings. The van der Waals surface area contributed by atoms with Crippen LogP contribution in [0.4, 0.5) is 0 Å². The monoisotopic (exact) mass is 429 g/mol. The van der Waals surface area contributed by atoms with Gasteiger partial charge in [-0.25, -0.2) is 0 Å². The van der Waals surface area contributed by atoms with Gasteiger partial charge in [-0.1, -0.05) is 51.6 Å². The quantitative estimate of drug-likeness (QED) is 0.199. The zero-order valence-electron chi connectivity index (χ0n) is 13.4. The predicted molar refractivity (Wildman–Crippen MR) is 102 cm³/mol. The van der Waals surface area contributed by atoms with E-state index in [-0.39, 0.29) is 11.1 Å². The number of halogens is 4. The number of hydrogen-bond acceptors (Lipinski definition) is 5. The van der Waals surface area contributed by atoms with Gasteiger partial charge in [0.2, 0.25) is 0 Å². The summed E-state index contributed by atoms with van der Waals surface area (Å²) in [4.78, 5) is 0. The van der Waals surface area contributed by atoms with Crippen molar-refractivity contribution in [3.05, 3.63) is 32.7 Å². The van der Waals surface area contributed by atoms with Crippen LogP contribution in [0.15, 0.2) is 27.9 Å². The summed E-state index contributed by atoms with van der Waals surface area (Å²) in [6, 6.07) is 3.24. The van der Waals surface area contributed by atoms with E-state index in [1.807, 2.05) is 0 Å². The lowest BCUT2D eigenvalue weighted by molar-refractivity contribution is 0.164. The Hall–Kier alpha value is -0.850. The molecule has 25 heavy (non-hydrogen) atoms. The predicted octanol–water partition coefficient (Wildman–Crippen LogP) is 5.72. The van der Waals surface area contributed by atoms with Crippen LogP contribution in [0.2, 0.25) is 10.0 Å². The fourth-order valence-electron chi connectivity index (χ4n) is 1.79. The van der Waals surface area contributed by atoms with Gasteiger partial charge in [0.1, 0.15) is 16.8 Å². The van der Waals surface area contributed by atoms with Crippen LogP contribution < -0.4 is 9.47 Å². The maximum Gasteiger partial charge on any atom is 0.156 e. The molecule has 0 bridgehead atoms. The zero-order chi connectivity index (χ0) is 18.5. The Morgan fingerprint density at radius 3 is 2.32 bits per heavy atom. The highest BCUT2D eigenvalue weighted by atomic mass is 35.5. The first-order valence-corrected chi connectivity index (χ1v) is 9.05. The van der Waals surface area contributed by atoms with Crippen LogP contribution in [0.5, 0.6) is 11.5 Å². The largest absolute Gasteiger partial charge is 0.490 e. The molecule has 0 amide bonds. The van der Waals surface area contributed by atoms with Gasteiger partial charge in [0.05, 0.1) is 29.5 Å².